The van der Waals surface area contributed by atoms with Crippen LogP contribution in [0, 0.1) is 22.7 Å². The van der Waals surface area contributed by atoms with E-state index in [1.54, 1.807) is 0 Å². The van der Waals surface area contributed by atoms with Crippen LogP contribution < -0.4 is 0 Å². The first kappa shape index (κ1) is 20.5. The summed E-state index contributed by atoms with van der Waals surface area (Å²) < 4.78 is 5.01. The summed E-state index contributed by atoms with van der Waals surface area (Å²) in [5.41, 5.74) is 1.27. The first-order chi connectivity index (χ1) is 11.5. The Morgan fingerprint density at radius 3 is 2.48 bits per heavy atom. The van der Waals surface area contributed by atoms with Gasteiger partial charge >= 0.3 is 5.97 Å². The fourth-order valence-electron chi connectivity index (χ4n) is 6.04. The summed E-state index contributed by atoms with van der Waals surface area (Å²) >= 11 is 0. The number of carbonyl (C=O) groups is 1. The highest BCUT2D eigenvalue weighted by molar-refractivity contribution is 5.66. The molecule has 0 aliphatic heterocycles. The zero-order valence-electron chi connectivity index (χ0n) is 17.2. The molecule has 2 aliphatic rings. The van der Waals surface area contributed by atoms with Crippen molar-refractivity contribution in [3.8, 4) is 0 Å². The molecule has 0 aromatic rings. The highest BCUT2D eigenvalue weighted by atomic mass is 16.5. The number of carbonyl (C=O) groups excluding carboxylic acids is 1. The number of fused-ring (bicyclic) bond motifs is 1. The third kappa shape index (κ3) is 4.48. The normalized spacial score (nSPS) is 38.1. The fourth-order valence-corrected chi connectivity index (χ4v) is 6.04. The van der Waals surface area contributed by atoms with Crippen LogP contribution >= 0.6 is 0 Å². The van der Waals surface area contributed by atoms with Gasteiger partial charge in [0, 0.05) is 6.92 Å². The van der Waals surface area contributed by atoms with Gasteiger partial charge in [0.05, 0.1) is 5.60 Å². The van der Waals surface area contributed by atoms with Gasteiger partial charge in [0.1, 0.15) is 6.61 Å². The Morgan fingerprint density at radius 1 is 1.16 bits per heavy atom. The van der Waals surface area contributed by atoms with Crippen molar-refractivity contribution in [1.29, 1.82) is 0 Å². The molecule has 2 saturated carbocycles. The van der Waals surface area contributed by atoms with Crippen molar-refractivity contribution in [2.45, 2.75) is 92.1 Å². The van der Waals surface area contributed by atoms with Crippen molar-refractivity contribution in [2.75, 3.05) is 6.61 Å². The van der Waals surface area contributed by atoms with E-state index in [0.717, 1.165) is 25.7 Å². The van der Waals surface area contributed by atoms with Gasteiger partial charge < -0.3 is 9.84 Å². The molecule has 3 nitrogen and oxygen atoms in total. The lowest BCUT2D eigenvalue weighted by Crippen LogP contribution is -2.57. The summed E-state index contributed by atoms with van der Waals surface area (Å²) in [6.45, 7) is 13.2. The van der Waals surface area contributed by atoms with E-state index in [-0.39, 0.29) is 11.4 Å². The molecule has 0 spiro atoms. The molecule has 2 aliphatic carbocycles. The Balaban J connectivity index is 2.11. The summed E-state index contributed by atoms with van der Waals surface area (Å²) in [6.07, 6.45) is 9.86. The standard InChI is InChI=1S/C22H38O3/c1-16(11-15-25-17(2)23)8-9-19-21(5)13-7-12-20(3,4)18(21)10-14-22(19,6)24/h11,18-19,24H,7-10,12-15H2,1-6H3. The van der Waals surface area contributed by atoms with Crippen LogP contribution in [0.1, 0.15) is 86.5 Å². The van der Waals surface area contributed by atoms with Gasteiger partial charge in [-0.1, -0.05) is 32.8 Å². The first-order valence-electron chi connectivity index (χ1n) is 10.0. The van der Waals surface area contributed by atoms with Crippen molar-refractivity contribution in [3.63, 3.8) is 0 Å². The van der Waals surface area contributed by atoms with E-state index < -0.39 is 5.60 Å². The zero-order chi connectivity index (χ0) is 18.9. The van der Waals surface area contributed by atoms with Gasteiger partial charge in [-0.25, -0.2) is 0 Å². The highest BCUT2D eigenvalue weighted by Crippen LogP contribution is 2.62. The average molecular weight is 351 g/mol. The molecule has 0 heterocycles. The minimum atomic E-state index is -0.575. The number of allylic oxidation sites excluding steroid dienone is 1. The number of hydrogen-bond donors (Lipinski definition) is 1. The monoisotopic (exact) mass is 350 g/mol. The van der Waals surface area contributed by atoms with E-state index in [1.807, 2.05) is 6.08 Å². The van der Waals surface area contributed by atoms with Crippen LogP contribution in [0.5, 0.6) is 0 Å². The second-order valence-corrected chi connectivity index (χ2v) is 9.74. The highest BCUT2D eigenvalue weighted by Gasteiger charge is 2.57. The van der Waals surface area contributed by atoms with Gasteiger partial charge in [-0.05, 0) is 81.1 Å². The molecule has 0 aromatic carbocycles. The molecule has 0 aromatic heterocycles. The minimum absolute atomic E-state index is 0.222. The van der Waals surface area contributed by atoms with Gasteiger partial charge in [-0.3, -0.25) is 4.79 Å². The maximum atomic E-state index is 11.2. The predicted octanol–water partition coefficient (Wildman–Crippen LogP) is 5.27. The Kier molecular flexibility index (Phi) is 6.08. The van der Waals surface area contributed by atoms with Crippen LogP contribution in [0.2, 0.25) is 0 Å². The van der Waals surface area contributed by atoms with Crippen molar-refractivity contribution in [2.24, 2.45) is 22.7 Å². The largest absolute Gasteiger partial charge is 0.462 e. The van der Waals surface area contributed by atoms with E-state index in [9.17, 15) is 9.90 Å². The number of ether oxygens (including phenoxy) is 1. The lowest BCUT2D eigenvalue weighted by Gasteiger charge is -2.61. The minimum Gasteiger partial charge on any atom is -0.462 e. The molecule has 0 saturated heterocycles. The van der Waals surface area contributed by atoms with Crippen molar-refractivity contribution in [3.05, 3.63) is 11.6 Å². The molecule has 4 unspecified atom stereocenters. The smallest absolute Gasteiger partial charge is 0.302 e. The van der Waals surface area contributed by atoms with Gasteiger partial charge in [0.2, 0.25) is 0 Å². The van der Waals surface area contributed by atoms with E-state index in [4.69, 9.17) is 4.74 Å². The molecular formula is C22H38O3. The average Bonchev–Trinajstić information content (AvgIpc) is 2.44. The quantitative estimate of drug-likeness (QED) is 0.543. The van der Waals surface area contributed by atoms with Gasteiger partial charge in [0.15, 0.2) is 0 Å². The summed E-state index contributed by atoms with van der Waals surface area (Å²) in [4.78, 5) is 10.9. The van der Waals surface area contributed by atoms with Crippen molar-refractivity contribution >= 4 is 5.97 Å². The fraction of sp³-hybridized carbons (Fsp3) is 0.864. The number of aliphatic hydroxyl groups is 1. The van der Waals surface area contributed by atoms with Gasteiger partial charge in [0.25, 0.3) is 0 Å². The first-order valence-corrected chi connectivity index (χ1v) is 10.0. The molecule has 25 heavy (non-hydrogen) atoms. The van der Waals surface area contributed by atoms with Crippen LogP contribution in [-0.2, 0) is 9.53 Å². The van der Waals surface area contributed by atoms with Crippen LogP contribution in [0.3, 0.4) is 0 Å². The van der Waals surface area contributed by atoms with Crippen LogP contribution in [-0.4, -0.2) is 23.3 Å². The van der Waals surface area contributed by atoms with Crippen LogP contribution in [0.25, 0.3) is 0 Å². The maximum Gasteiger partial charge on any atom is 0.302 e. The molecule has 4 atom stereocenters. The molecule has 0 amide bonds. The van der Waals surface area contributed by atoms with Crippen LogP contribution in [0.15, 0.2) is 11.6 Å². The Hall–Kier alpha value is -0.830. The molecule has 3 heteroatoms. The Bertz CT molecular complexity index is 517. The molecule has 144 valence electrons. The van der Waals surface area contributed by atoms with E-state index in [1.165, 1.54) is 31.8 Å². The summed E-state index contributed by atoms with van der Waals surface area (Å²) in [6, 6.07) is 0. The zero-order valence-corrected chi connectivity index (χ0v) is 17.2. The third-order valence-electron chi connectivity index (χ3n) is 7.31. The topological polar surface area (TPSA) is 46.5 Å². The number of rotatable bonds is 5. The Morgan fingerprint density at radius 2 is 1.84 bits per heavy atom. The Labute approximate surface area is 154 Å². The van der Waals surface area contributed by atoms with E-state index in [2.05, 4.69) is 34.6 Å². The molecule has 0 radical (unpaired) electrons. The van der Waals surface area contributed by atoms with Gasteiger partial charge in [-0.15, -0.1) is 0 Å². The molecule has 2 fully saturated rings. The van der Waals surface area contributed by atoms with Crippen LogP contribution in [0.4, 0.5) is 0 Å². The predicted molar refractivity (Wildman–Crippen MR) is 102 cm³/mol. The van der Waals surface area contributed by atoms with Gasteiger partial charge in [-0.2, -0.15) is 0 Å². The number of esters is 1. The second-order valence-electron chi connectivity index (χ2n) is 9.74. The molecule has 0 bridgehead atoms. The lowest BCUT2D eigenvalue weighted by atomic mass is 9.45. The molecule has 1 N–H and O–H groups in total. The molecular weight excluding hydrogens is 312 g/mol. The van der Waals surface area contributed by atoms with E-state index in [0.29, 0.717) is 23.9 Å². The molecule has 2 rings (SSSR count). The summed E-state index contributed by atoms with van der Waals surface area (Å²) in [7, 11) is 0. The lowest BCUT2D eigenvalue weighted by molar-refractivity contribution is -0.168. The summed E-state index contributed by atoms with van der Waals surface area (Å²) in [5.74, 6) is 0.791. The summed E-state index contributed by atoms with van der Waals surface area (Å²) in [5, 5.41) is 11.2. The van der Waals surface area contributed by atoms with Crippen molar-refractivity contribution in [1.82, 2.24) is 0 Å². The second kappa shape index (κ2) is 7.42. The van der Waals surface area contributed by atoms with E-state index >= 15 is 0 Å². The maximum absolute atomic E-state index is 11.2. The SMILES string of the molecule is CC(=O)OCC=C(C)CCC1C(C)(O)CCC2C(C)(C)CCCC21C. The number of hydrogen-bond acceptors (Lipinski definition) is 3. The third-order valence-corrected chi connectivity index (χ3v) is 7.31. The van der Waals surface area contributed by atoms with Crippen molar-refractivity contribution < 1.29 is 14.6 Å².